The minimum atomic E-state index is -4.19. The molecule has 4 heterocycles. The second-order valence-corrected chi connectivity index (χ2v) is 10.2. The Kier molecular flexibility index (Phi) is 4.97. The highest BCUT2D eigenvalue weighted by molar-refractivity contribution is 7.18. The van der Waals surface area contributed by atoms with E-state index in [4.69, 9.17) is 0 Å². The number of aromatic nitrogens is 2. The summed E-state index contributed by atoms with van der Waals surface area (Å²) < 4.78 is 38.3. The summed E-state index contributed by atoms with van der Waals surface area (Å²) in [5, 5.41) is 0.769. The molecule has 1 spiro atoms. The molecule has 29 heavy (non-hydrogen) atoms. The number of anilines is 1. The van der Waals surface area contributed by atoms with Crippen LogP contribution in [-0.2, 0) is 6.42 Å². The average Bonchev–Trinajstić information content (AvgIpc) is 3.07. The normalized spacial score (nSPS) is 23.6. The Labute approximate surface area is 173 Å². The van der Waals surface area contributed by atoms with Gasteiger partial charge in [-0.25, -0.2) is 9.97 Å². The van der Waals surface area contributed by atoms with Gasteiger partial charge in [-0.2, -0.15) is 13.2 Å². The fourth-order valence-electron chi connectivity index (χ4n) is 5.46. The Hall–Kier alpha value is -1.41. The summed E-state index contributed by atoms with van der Waals surface area (Å²) in [4.78, 5) is 14.6. The lowest BCUT2D eigenvalue weighted by Crippen LogP contribution is -2.63. The van der Waals surface area contributed by atoms with Crippen LogP contribution in [0.2, 0.25) is 0 Å². The highest BCUT2D eigenvalue weighted by atomic mass is 32.1. The predicted molar refractivity (Wildman–Crippen MR) is 110 cm³/mol. The van der Waals surface area contributed by atoms with Crippen LogP contribution in [0.5, 0.6) is 0 Å². The van der Waals surface area contributed by atoms with Crippen molar-refractivity contribution < 1.29 is 13.2 Å². The number of piperidine rings is 1. The average molecular weight is 425 g/mol. The quantitative estimate of drug-likeness (QED) is 0.692. The predicted octanol–water partition coefficient (Wildman–Crippen LogP) is 5.03. The molecule has 0 amide bonds. The molecule has 0 bridgehead atoms. The smallest absolute Gasteiger partial charge is 0.356 e. The second kappa shape index (κ2) is 7.38. The lowest BCUT2D eigenvalue weighted by molar-refractivity contribution is -0.126. The minimum absolute atomic E-state index is 0.310. The largest absolute Gasteiger partial charge is 0.393 e. The molecule has 3 aliphatic rings. The first kappa shape index (κ1) is 19.5. The number of rotatable bonds is 3. The van der Waals surface area contributed by atoms with Gasteiger partial charge in [-0.3, -0.25) is 4.90 Å². The maximum Gasteiger partial charge on any atom is 0.393 e. The van der Waals surface area contributed by atoms with Crippen molar-refractivity contribution >= 4 is 27.4 Å². The van der Waals surface area contributed by atoms with Crippen LogP contribution in [0.3, 0.4) is 0 Å². The summed E-state index contributed by atoms with van der Waals surface area (Å²) >= 11 is 1.13. The number of hydrogen-bond donors (Lipinski definition) is 0. The van der Waals surface area contributed by atoms with Crippen LogP contribution in [0.25, 0.3) is 10.2 Å². The van der Waals surface area contributed by atoms with Crippen molar-refractivity contribution in [3.63, 3.8) is 0 Å². The summed E-state index contributed by atoms with van der Waals surface area (Å²) in [6.45, 7) is 4.29. The Balaban J connectivity index is 1.25. The van der Waals surface area contributed by atoms with E-state index in [1.165, 1.54) is 51.5 Å². The van der Waals surface area contributed by atoms with Crippen molar-refractivity contribution in [1.29, 1.82) is 0 Å². The number of fused-ring (bicyclic) bond motifs is 1. The first-order valence-electron chi connectivity index (χ1n) is 10.7. The van der Waals surface area contributed by atoms with Crippen LogP contribution in [0.4, 0.5) is 19.0 Å². The van der Waals surface area contributed by atoms with E-state index in [2.05, 4.69) is 19.8 Å². The molecular weight excluding hydrogens is 397 g/mol. The van der Waals surface area contributed by atoms with Crippen molar-refractivity contribution in [2.24, 2.45) is 5.41 Å². The number of thiophene rings is 1. The summed E-state index contributed by atoms with van der Waals surface area (Å²) in [6, 6.07) is 2.44. The first-order valence-corrected chi connectivity index (χ1v) is 11.5. The minimum Gasteiger partial charge on any atom is -0.356 e. The molecule has 4 nitrogen and oxygen atoms in total. The highest BCUT2D eigenvalue weighted by Gasteiger charge is 2.47. The Morgan fingerprint density at radius 2 is 1.79 bits per heavy atom. The molecule has 2 aliphatic heterocycles. The van der Waals surface area contributed by atoms with Crippen molar-refractivity contribution in [3.8, 4) is 0 Å². The van der Waals surface area contributed by atoms with E-state index in [0.29, 0.717) is 15.1 Å². The number of likely N-dealkylation sites (tertiary alicyclic amines) is 1. The zero-order valence-electron chi connectivity index (χ0n) is 16.5. The van der Waals surface area contributed by atoms with Gasteiger partial charge >= 0.3 is 6.18 Å². The second-order valence-electron chi connectivity index (χ2n) is 9.10. The van der Waals surface area contributed by atoms with Gasteiger partial charge in [0.1, 0.15) is 17.0 Å². The highest BCUT2D eigenvalue weighted by Crippen LogP contribution is 2.44. The molecule has 1 aliphatic carbocycles. The topological polar surface area (TPSA) is 32.3 Å². The van der Waals surface area contributed by atoms with Crippen LogP contribution in [0.1, 0.15) is 49.8 Å². The van der Waals surface area contributed by atoms with E-state index in [-0.39, 0.29) is 0 Å². The fourth-order valence-corrected chi connectivity index (χ4v) is 6.48. The van der Waals surface area contributed by atoms with E-state index in [1.54, 1.807) is 6.07 Å². The third-order valence-electron chi connectivity index (χ3n) is 7.03. The molecule has 158 valence electrons. The fraction of sp³-hybridized carbons (Fsp3) is 0.714. The van der Waals surface area contributed by atoms with Gasteiger partial charge in [0, 0.05) is 37.1 Å². The zero-order valence-corrected chi connectivity index (χ0v) is 17.4. The van der Waals surface area contributed by atoms with E-state index >= 15 is 0 Å². The molecule has 2 aromatic rings. The van der Waals surface area contributed by atoms with Crippen molar-refractivity contribution in [2.75, 3.05) is 31.1 Å². The molecule has 0 N–H and O–H groups in total. The Morgan fingerprint density at radius 3 is 2.48 bits per heavy atom. The number of hydrogen-bond acceptors (Lipinski definition) is 5. The van der Waals surface area contributed by atoms with Gasteiger partial charge in [-0.05, 0) is 37.2 Å². The third-order valence-corrected chi connectivity index (χ3v) is 8.07. The maximum atomic E-state index is 12.8. The Bertz CT molecular complexity index is 858. The lowest BCUT2D eigenvalue weighted by atomic mass is 9.70. The van der Waals surface area contributed by atoms with Gasteiger partial charge in [0.05, 0.1) is 11.8 Å². The van der Waals surface area contributed by atoms with Gasteiger partial charge in [0.2, 0.25) is 0 Å². The molecule has 0 aromatic carbocycles. The van der Waals surface area contributed by atoms with Crippen molar-refractivity contribution in [1.82, 2.24) is 14.9 Å². The first-order chi connectivity index (χ1) is 13.9. The third kappa shape index (κ3) is 3.98. The summed E-state index contributed by atoms with van der Waals surface area (Å²) in [5.41, 5.74) is 0.441. The monoisotopic (exact) mass is 424 g/mol. The van der Waals surface area contributed by atoms with Gasteiger partial charge < -0.3 is 4.90 Å². The molecular formula is C21H27F3N4S. The van der Waals surface area contributed by atoms with E-state index in [9.17, 15) is 13.2 Å². The van der Waals surface area contributed by atoms with Crippen molar-refractivity contribution in [3.05, 3.63) is 17.3 Å². The van der Waals surface area contributed by atoms with E-state index < -0.39 is 12.6 Å². The molecule has 2 aromatic heterocycles. The number of halogens is 3. The molecule has 2 saturated heterocycles. The molecule has 5 rings (SSSR count). The van der Waals surface area contributed by atoms with Gasteiger partial charge in [-0.1, -0.05) is 19.3 Å². The molecule has 0 unspecified atom stereocenters. The number of alkyl halides is 3. The molecule has 0 atom stereocenters. The van der Waals surface area contributed by atoms with Gasteiger partial charge in [-0.15, -0.1) is 11.3 Å². The number of nitrogens with zero attached hydrogens (tertiary/aromatic N) is 4. The maximum absolute atomic E-state index is 12.8. The molecule has 0 radical (unpaired) electrons. The van der Waals surface area contributed by atoms with Gasteiger partial charge in [0.25, 0.3) is 0 Å². The molecule has 3 fully saturated rings. The van der Waals surface area contributed by atoms with Crippen LogP contribution in [0.15, 0.2) is 12.4 Å². The van der Waals surface area contributed by atoms with Crippen LogP contribution in [0, 0.1) is 5.41 Å². The summed E-state index contributed by atoms with van der Waals surface area (Å²) in [6.07, 6.45) is 5.55. The standard InChI is InChI=1S/C21H27F3N4S/c22-21(23,24)11-16-10-17-18(25-14-26-19(17)29-16)27-8-6-20(7-9-27)12-28(13-20)15-4-2-1-3-5-15/h10,14-15H,1-9,11-13H2. The SMILES string of the molecule is FC(F)(F)Cc1cc2c(N3CCC4(CC3)CN(C3CCCCC3)C4)ncnc2s1. The Morgan fingerprint density at radius 1 is 1.07 bits per heavy atom. The zero-order chi connectivity index (χ0) is 20.1. The van der Waals surface area contributed by atoms with E-state index in [1.807, 2.05) is 0 Å². The summed E-state index contributed by atoms with van der Waals surface area (Å²) in [5.74, 6) is 0.804. The molecule has 8 heteroatoms. The van der Waals surface area contributed by atoms with Gasteiger partial charge in [0.15, 0.2) is 0 Å². The van der Waals surface area contributed by atoms with Crippen LogP contribution >= 0.6 is 11.3 Å². The summed E-state index contributed by atoms with van der Waals surface area (Å²) in [7, 11) is 0. The lowest BCUT2D eigenvalue weighted by Gasteiger charge is -2.57. The van der Waals surface area contributed by atoms with Crippen LogP contribution < -0.4 is 4.90 Å². The van der Waals surface area contributed by atoms with Crippen LogP contribution in [-0.4, -0.2) is 53.3 Å². The molecule has 1 saturated carbocycles. The van der Waals surface area contributed by atoms with Crippen molar-refractivity contribution in [2.45, 2.75) is 63.6 Å². The van der Waals surface area contributed by atoms with E-state index in [0.717, 1.165) is 54.5 Å².